The number of halogens is 3. The minimum absolute atomic E-state index is 0.00579. The molecule has 1 rings (SSSR count). The van der Waals surface area contributed by atoms with Gasteiger partial charge in [0.2, 0.25) is 0 Å². The second-order valence-electron chi connectivity index (χ2n) is 1.89. The molecule has 1 nitrogen and oxygen atoms in total. The fourth-order valence-electron chi connectivity index (χ4n) is 0.665. The van der Waals surface area contributed by atoms with Gasteiger partial charge in [-0.1, -0.05) is 11.6 Å². The monoisotopic (exact) mass is 205 g/mol. The van der Waals surface area contributed by atoms with E-state index >= 15 is 0 Å². The molecule has 0 aliphatic rings. The van der Waals surface area contributed by atoms with Crippen molar-refractivity contribution < 1.29 is 8.78 Å². The van der Waals surface area contributed by atoms with Crippen LogP contribution in [0.15, 0.2) is 17.1 Å². The standard InChI is InChI=1S/C7H2ClF2NS/c8-4-1-2-5(9)6(10)7(4)11-3-12/h1-2H. The van der Waals surface area contributed by atoms with Crippen LogP contribution in [0.4, 0.5) is 14.5 Å². The van der Waals surface area contributed by atoms with E-state index in [1.54, 1.807) is 0 Å². The van der Waals surface area contributed by atoms with E-state index in [0.29, 0.717) is 0 Å². The van der Waals surface area contributed by atoms with Crippen molar-refractivity contribution in [2.45, 2.75) is 0 Å². The highest BCUT2D eigenvalue weighted by Crippen LogP contribution is 2.28. The van der Waals surface area contributed by atoms with Crippen molar-refractivity contribution in [2.75, 3.05) is 0 Å². The van der Waals surface area contributed by atoms with Crippen molar-refractivity contribution >= 4 is 34.7 Å². The number of aliphatic imine (C=N–C) groups is 1. The van der Waals surface area contributed by atoms with E-state index in [4.69, 9.17) is 11.6 Å². The van der Waals surface area contributed by atoms with Gasteiger partial charge in [0.05, 0.1) is 10.2 Å². The molecule has 0 N–H and O–H groups in total. The van der Waals surface area contributed by atoms with Gasteiger partial charge in [-0.2, -0.15) is 4.99 Å². The second-order valence-corrected chi connectivity index (χ2v) is 2.48. The highest BCUT2D eigenvalue weighted by Gasteiger charge is 2.10. The third-order valence-corrected chi connectivity index (χ3v) is 1.57. The van der Waals surface area contributed by atoms with Gasteiger partial charge in [-0.3, -0.25) is 0 Å². The lowest BCUT2D eigenvalue weighted by molar-refractivity contribution is 0.511. The lowest BCUT2D eigenvalue weighted by Gasteiger charge is -1.97. The molecule has 0 heterocycles. The summed E-state index contributed by atoms with van der Waals surface area (Å²) in [6.45, 7) is 0. The Morgan fingerprint density at radius 3 is 2.67 bits per heavy atom. The lowest BCUT2D eigenvalue weighted by Crippen LogP contribution is -1.83. The molecule has 0 aliphatic carbocycles. The van der Waals surface area contributed by atoms with Crippen LogP contribution >= 0.6 is 23.8 Å². The van der Waals surface area contributed by atoms with Gasteiger partial charge >= 0.3 is 0 Å². The van der Waals surface area contributed by atoms with Crippen molar-refractivity contribution in [1.29, 1.82) is 0 Å². The lowest BCUT2D eigenvalue weighted by atomic mass is 10.3. The number of nitrogens with zero attached hydrogens (tertiary/aromatic N) is 1. The first-order valence-corrected chi connectivity index (χ1v) is 3.67. The van der Waals surface area contributed by atoms with Crippen LogP contribution in [-0.2, 0) is 0 Å². The maximum Gasteiger partial charge on any atom is 0.186 e. The zero-order chi connectivity index (χ0) is 9.14. The minimum Gasteiger partial charge on any atom is -0.204 e. The maximum absolute atomic E-state index is 12.8. The van der Waals surface area contributed by atoms with Crippen molar-refractivity contribution in [1.82, 2.24) is 0 Å². The molecule has 0 aliphatic heterocycles. The molecule has 5 heteroatoms. The third kappa shape index (κ3) is 1.67. The van der Waals surface area contributed by atoms with Gasteiger partial charge in [-0.05, 0) is 24.4 Å². The summed E-state index contributed by atoms with van der Waals surface area (Å²) in [5.41, 5.74) is -0.313. The Kier molecular flexibility index (Phi) is 2.87. The fourth-order valence-corrected chi connectivity index (χ4v) is 0.944. The summed E-state index contributed by atoms with van der Waals surface area (Å²) in [6, 6.07) is 2.12. The minimum atomic E-state index is -1.11. The molecule has 0 spiro atoms. The average molecular weight is 206 g/mol. The predicted molar refractivity (Wildman–Crippen MR) is 46.1 cm³/mol. The molecular formula is C7H2ClF2NS. The molecule has 0 amide bonds. The van der Waals surface area contributed by atoms with Gasteiger partial charge in [-0.25, -0.2) is 8.78 Å². The summed E-state index contributed by atoms with van der Waals surface area (Å²) < 4.78 is 25.3. The number of hydrogen-bond acceptors (Lipinski definition) is 2. The number of isothiocyanates is 1. The molecule has 62 valence electrons. The molecule has 0 saturated heterocycles. The molecule has 0 radical (unpaired) electrons. The van der Waals surface area contributed by atoms with E-state index in [0.717, 1.165) is 6.07 Å². The normalized spacial score (nSPS) is 9.25. The molecule has 1 aromatic rings. The summed E-state index contributed by atoms with van der Waals surface area (Å²) in [6.07, 6.45) is 0. The smallest absolute Gasteiger partial charge is 0.186 e. The number of hydrogen-bond donors (Lipinski definition) is 0. The Hall–Kier alpha value is -0.830. The van der Waals surface area contributed by atoms with Gasteiger partial charge in [0, 0.05) is 0 Å². The third-order valence-electron chi connectivity index (χ3n) is 1.18. The maximum atomic E-state index is 12.8. The molecule has 0 fully saturated rings. The SMILES string of the molecule is Fc1ccc(Cl)c(N=C=S)c1F. The van der Waals surface area contributed by atoms with Crippen molar-refractivity contribution in [3.05, 3.63) is 28.8 Å². The van der Waals surface area contributed by atoms with Gasteiger partial charge in [-0.15, -0.1) is 0 Å². The first-order valence-electron chi connectivity index (χ1n) is 2.88. The van der Waals surface area contributed by atoms with E-state index in [1.165, 1.54) is 6.07 Å². The molecular weight excluding hydrogens is 204 g/mol. The van der Waals surface area contributed by atoms with Crippen molar-refractivity contribution in [2.24, 2.45) is 4.99 Å². The van der Waals surface area contributed by atoms with E-state index in [-0.39, 0.29) is 10.7 Å². The van der Waals surface area contributed by atoms with Gasteiger partial charge in [0.25, 0.3) is 0 Å². The van der Waals surface area contributed by atoms with Crippen LogP contribution in [0.1, 0.15) is 0 Å². The average Bonchev–Trinajstić information content (AvgIpc) is 2.06. The van der Waals surface area contributed by atoms with Crippen molar-refractivity contribution in [3.8, 4) is 0 Å². The van der Waals surface area contributed by atoms with Gasteiger partial charge in [0.15, 0.2) is 11.6 Å². The molecule has 0 unspecified atom stereocenters. The molecule has 0 saturated carbocycles. The largest absolute Gasteiger partial charge is 0.204 e. The summed E-state index contributed by atoms with van der Waals surface area (Å²) in [4.78, 5) is 3.28. The number of thiocarbonyl (C=S) groups is 1. The first kappa shape index (κ1) is 9.26. The van der Waals surface area contributed by atoms with E-state index in [2.05, 4.69) is 17.2 Å². The Labute approximate surface area is 77.7 Å². The second kappa shape index (κ2) is 3.72. The van der Waals surface area contributed by atoms with Crippen LogP contribution in [-0.4, -0.2) is 5.16 Å². The molecule has 1 aromatic carbocycles. The Balaban J connectivity index is 3.42. The highest BCUT2D eigenvalue weighted by atomic mass is 35.5. The number of benzene rings is 1. The van der Waals surface area contributed by atoms with Crippen LogP contribution in [0.5, 0.6) is 0 Å². The first-order chi connectivity index (χ1) is 5.66. The van der Waals surface area contributed by atoms with Gasteiger partial charge in [0.1, 0.15) is 5.69 Å². The molecule has 0 bridgehead atoms. The Morgan fingerprint density at radius 1 is 1.42 bits per heavy atom. The van der Waals surface area contributed by atoms with E-state index in [1.807, 2.05) is 5.16 Å². The molecule has 0 atom stereocenters. The Bertz CT molecular complexity index is 361. The van der Waals surface area contributed by atoms with Crippen LogP contribution in [0.2, 0.25) is 5.02 Å². The topological polar surface area (TPSA) is 12.4 Å². The molecule has 0 aromatic heterocycles. The fraction of sp³-hybridized carbons (Fsp3) is 0. The summed E-state index contributed by atoms with van der Waals surface area (Å²) >= 11 is 9.73. The van der Waals surface area contributed by atoms with Gasteiger partial charge < -0.3 is 0 Å². The zero-order valence-electron chi connectivity index (χ0n) is 5.64. The van der Waals surface area contributed by atoms with E-state index < -0.39 is 11.6 Å². The zero-order valence-corrected chi connectivity index (χ0v) is 7.22. The van der Waals surface area contributed by atoms with Crippen LogP contribution in [0.3, 0.4) is 0 Å². The summed E-state index contributed by atoms with van der Waals surface area (Å²) in [5, 5.41) is 1.92. The Morgan fingerprint density at radius 2 is 2.08 bits per heavy atom. The van der Waals surface area contributed by atoms with Crippen LogP contribution < -0.4 is 0 Å². The van der Waals surface area contributed by atoms with Crippen LogP contribution in [0.25, 0.3) is 0 Å². The van der Waals surface area contributed by atoms with Crippen molar-refractivity contribution in [3.63, 3.8) is 0 Å². The van der Waals surface area contributed by atoms with E-state index in [9.17, 15) is 8.78 Å². The summed E-state index contributed by atoms with van der Waals surface area (Å²) in [5.74, 6) is -2.12. The quantitative estimate of drug-likeness (QED) is 0.389. The summed E-state index contributed by atoms with van der Waals surface area (Å²) in [7, 11) is 0. The highest BCUT2D eigenvalue weighted by molar-refractivity contribution is 7.78. The number of rotatable bonds is 1. The predicted octanol–water partition coefficient (Wildman–Crippen LogP) is 3.35. The molecule has 12 heavy (non-hydrogen) atoms. The van der Waals surface area contributed by atoms with Crippen LogP contribution in [0, 0.1) is 11.6 Å².